The fourth-order valence-electron chi connectivity index (χ4n) is 1.88. The van der Waals surface area contributed by atoms with Gasteiger partial charge in [0.15, 0.2) is 0 Å². The predicted octanol–water partition coefficient (Wildman–Crippen LogP) is 2.30. The molecule has 0 saturated carbocycles. The summed E-state index contributed by atoms with van der Waals surface area (Å²) in [5.74, 6) is -2.22. The molecule has 0 bridgehead atoms. The first kappa shape index (κ1) is 15.1. The van der Waals surface area contributed by atoms with Crippen LogP contribution in [0.3, 0.4) is 0 Å². The molecule has 5 heteroatoms. The summed E-state index contributed by atoms with van der Waals surface area (Å²) in [4.78, 5) is 23.0. The summed E-state index contributed by atoms with van der Waals surface area (Å²) in [6.07, 6.45) is 0.842. The zero-order valence-corrected chi connectivity index (χ0v) is 11.0. The molecule has 0 fully saturated rings. The van der Waals surface area contributed by atoms with E-state index in [2.05, 4.69) is 5.32 Å². The Balaban J connectivity index is 2.82. The molecule has 2 atom stereocenters. The molecule has 1 amide bonds. The van der Waals surface area contributed by atoms with Crippen molar-refractivity contribution in [1.29, 1.82) is 0 Å². The Morgan fingerprint density at radius 2 is 1.79 bits per heavy atom. The van der Waals surface area contributed by atoms with Crippen LogP contribution in [0.1, 0.15) is 38.2 Å². The van der Waals surface area contributed by atoms with Crippen LogP contribution < -0.4 is 5.32 Å². The average molecular weight is 267 g/mol. The molecular formula is C14H18FNO3. The zero-order chi connectivity index (χ0) is 14.4. The van der Waals surface area contributed by atoms with Gasteiger partial charge in [-0.25, -0.2) is 9.18 Å². The third kappa shape index (κ3) is 4.05. The fourth-order valence-corrected chi connectivity index (χ4v) is 1.88. The number of carbonyl (C=O) groups is 2. The van der Waals surface area contributed by atoms with E-state index in [9.17, 15) is 14.0 Å². The lowest BCUT2D eigenvalue weighted by atomic mass is 9.95. The maximum absolute atomic E-state index is 12.8. The second-order valence-corrected chi connectivity index (χ2v) is 4.32. The van der Waals surface area contributed by atoms with E-state index < -0.39 is 17.9 Å². The molecule has 0 aliphatic carbocycles. The zero-order valence-electron chi connectivity index (χ0n) is 11.0. The highest BCUT2D eigenvalue weighted by Crippen LogP contribution is 2.20. The SMILES string of the molecule is CCC(NC(=O)C(CC)c1ccc(F)cc1)C(=O)O. The van der Waals surface area contributed by atoms with Crippen molar-refractivity contribution in [2.24, 2.45) is 0 Å². The van der Waals surface area contributed by atoms with Crippen molar-refractivity contribution in [3.05, 3.63) is 35.6 Å². The molecule has 2 N–H and O–H groups in total. The number of carbonyl (C=O) groups excluding carboxylic acids is 1. The minimum Gasteiger partial charge on any atom is -0.480 e. The topological polar surface area (TPSA) is 66.4 Å². The Kier molecular flexibility index (Phi) is 5.48. The molecule has 0 spiro atoms. The van der Waals surface area contributed by atoms with Crippen molar-refractivity contribution >= 4 is 11.9 Å². The van der Waals surface area contributed by atoms with E-state index in [1.54, 1.807) is 19.1 Å². The molecule has 0 heterocycles. The molecule has 4 nitrogen and oxygen atoms in total. The summed E-state index contributed by atoms with van der Waals surface area (Å²) in [6, 6.07) is 4.79. The summed E-state index contributed by atoms with van der Waals surface area (Å²) < 4.78 is 12.8. The number of rotatable bonds is 6. The lowest BCUT2D eigenvalue weighted by Gasteiger charge is -2.18. The lowest BCUT2D eigenvalue weighted by molar-refractivity contribution is -0.142. The molecule has 0 aliphatic rings. The van der Waals surface area contributed by atoms with Crippen LogP contribution in [0.4, 0.5) is 4.39 Å². The van der Waals surface area contributed by atoms with Gasteiger partial charge in [-0.05, 0) is 30.5 Å². The van der Waals surface area contributed by atoms with Crippen LogP contribution in [0.2, 0.25) is 0 Å². The monoisotopic (exact) mass is 267 g/mol. The van der Waals surface area contributed by atoms with Gasteiger partial charge < -0.3 is 10.4 Å². The maximum Gasteiger partial charge on any atom is 0.326 e. The second-order valence-electron chi connectivity index (χ2n) is 4.32. The Labute approximate surface area is 111 Å². The van der Waals surface area contributed by atoms with Crippen molar-refractivity contribution in [2.45, 2.75) is 38.6 Å². The number of nitrogens with one attached hydrogen (secondary N) is 1. The van der Waals surface area contributed by atoms with Crippen LogP contribution in [-0.2, 0) is 9.59 Å². The predicted molar refractivity (Wildman–Crippen MR) is 69.3 cm³/mol. The molecular weight excluding hydrogens is 249 g/mol. The molecule has 2 unspecified atom stereocenters. The van der Waals surface area contributed by atoms with Crippen LogP contribution in [0.15, 0.2) is 24.3 Å². The normalized spacial score (nSPS) is 13.6. The van der Waals surface area contributed by atoms with E-state index >= 15 is 0 Å². The number of carboxylic acid groups (broad SMARTS) is 1. The molecule has 0 aromatic heterocycles. The van der Waals surface area contributed by atoms with Crippen LogP contribution in [0.25, 0.3) is 0 Å². The number of benzene rings is 1. The molecule has 19 heavy (non-hydrogen) atoms. The Morgan fingerprint density at radius 1 is 1.21 bits per heavy atom. The van der Waals surface area contributed by atoms with Crippen molar-refractivity contribution < 1.29 is 19.1 Å². The van der Waals surface area contributed by atoms with Gasteiger partial charge in [0.05, 0.1) is 5.92 Å². The molecule has 1 aromatic carbocycles. The number of hydrogen-bond donors (Lipinski definition) is 2. The number of halogens is 1. The van der Waals surface area contributed by atoms with Crippen LogP contribution in [0, 0.1) is 5.82 Å². The second kappa shape index (κ2) is 6.87. The smallest absolute Gasteiger partial charge is 0.326 e. The quantitative estimate of drug-likeness (QED) is 0.831. The first-order chi connectivity index (χ1) is 8.99. The van der Waals surface area contributed by atoms with Crippen molar-refractivity contribution in [3.63, 3.8) is 0 Å². The first-order valence-corrected chi connectivity index (χ1v) is 6.28. The highest BCUT2D eigenvalue weighted by Gasteiger charge is 2.24. The van der Waals surface area contributed by atoms with Gasteiger partial charge in [-0.15, -0.1) is 0 Å². The molecule has 0 saturated heterocycles. The average Bonchev–Trinajstić information content (AvgIpc) is 2.38. The van der Waals surface area contributed by atoms with Crippen LogP contribution in [0.5, 0.6) is 0 Å². The van der Waals surface area contributed by atoms with Gasteiger partial charge in [0.2, 0.25) is 5.91 Å². The minimum absolute atomic E-state index is 0.320. The lowest BCUT2D eigenvalue weighted by Crippen LogP contribution is -2.42. The summed E-state index contributed by atoms with van der Waals surface area (Å²) in [6.45, 7) is 3.52. The molecule has 104 valence electrons. The highest BCUT2D eigenvalue weighted by atomic mass is 19.1. The number of carboxylic acids is 1. The fraction of sp³-hybridized carbons (Fsp3) is 0.429. The number of amides is 1. The standard InChI is InChI=1S/C14H18FNO3/c1-3-11(9-5-7-10(15)8-6-9)13(17)16-12(4-2)14(18)19/h5-8,11-12H,3-4H2,1-2H3,(H,16,17)(H,18,19). The Morgan fingerprint density at radius 3 is 2.21 bits per heavy atom. The van der Waals surface area contributed by atoms with Crippen LogP contribution >= 0.6 is 0 Å². The maximum atomic E-state index is 12.8. The van der Waals surface area contributed by atoms with E-state index in [0.29, 0.717) is 18.4 Å². The molecule has 1 rings (SSSR count). The van der Waals surface area contributed by atoms with Crippen molar-refractivity contribution in [2.75, 3.05) is 0 Å². The third-order valence-electron chi connectivity index (χ3n) is 3.02. The van der Waals surface area contributed by atoms with E-state index in [1.165, 1.54) is 12.1 Å². The number of hydrogen-bond acceptors (Lipinski definition) is 2. The molecule has 0 aliphatic heterocycles. The van der Waals surface area contributed by atoms with Gasteiger partial charge in [0.25, 0.3) is 0 Å². The van der Waals surface area contributed by atoms with Gasteiger partial charge in [-0.3, -0.25) is 4.79 Å². The van der Waals surface area contributed by atoms with Crippen molar-refractivity contribution in [3.8, 4) is 0 Å². The van der Waals surface area contributed by atoms with Gasteiger partial charge in [0.1, 0.15) is 11.9 Å². The van der Waals surface area contributed by atoms with E-state index in [0.717, 1.165) is 0 Å². The minimum atomic E-state index is -1.05. The summed E-state index contributed by atoms with van der Waals surface area (Å²) >= 11 is 0. The first-order valence-electron chi connectivity index (χ1n) is 6.28. The van der Waals surface area contributed by atoms with Gasteiger partial charge in [0, 0.05) is 0 Å². The third-order valence-corrected chi connectivity index (χ3v) is 3.02. The Hall–Kier alpha value is -1.91. The van der Waals surface area contributed by atoms with Gasteiger partial charge in [-0.1, -0.05) is 26.0 Å². The Bertz CT molecular complexity index is 445. The van der Waals surface area contributed by atoms with Crippen molar-refractivity contribution in [1.82, 2.24) is 5.32 Å². The van der Waals surface area contributed by atoms with E-state index in [1.807, 2.05) is 6.92 Å². The largest absolute Gasteiger partial charge is 0.480 e. The van der Waals surface area contributed by atoms with E-state index in [-0.39, 0.29) is 11.7 Å². The van der Waals surface area contributed by atoms with Gasteiger partial charge in [-0.2, -0.15) is 0 Å². The molecule has 0 radical (unpaired) electrons. The summed E-state index contributed by atoms with van der Waals surface area (Å²) in [7, 11) is 0. The number of aliphatic carboxylic acids is 1. The van der Waals surface area contributed by atoms with Gasteiger partial charge >= 0.3 is 5.97 Å². The van der Waals surface area contributed by atoms with Crippen LogP contribution in [-0.4, -0.2) is 23.0 Å². The highest BCUT2D eigenvalue weighted by molar-refractivity contribution is 5.88. The summed E-state index contributed by atoms with van der Waals surface area (Å²) in [5.41, 5.74) is 0.682. The van der Waals surface area contributed by atoms with E-state index in [4.69, 9.17) is 5.11 Å². The molecule has 1 aromatic rings. The summed E-state index contributed by atoms with van der Waals surface area (Å²) in [5, 5.41) is 11.4.